The number of hydrogen-bond acceptors (Lipinski definition) is 6. The number of pyridine rings is 2. The highest BCUT2D eigenvalue weighted by atomic mass is 16.7. The second-order valence-corrected chi connectivity index (χ2v) is 6.53. The second-order valence-electron chi connectivity index (χ2n) is 6.53. The van der Waals surface area contributed by atoms with Crippen molar-refractivity contribution in [3.8, 4) is 5.69 Å². The van der Waals surface area contributed by atoms with E-state index >= 15 is 0 Å². The van der Waals surface area contributed by atoms with Gasteiger partial charge in [-0.05, 0) is 30.7 Å². The zero-order valence-electron chi connectivity index (χ0n) is 16.1. The second kappa shape index (κ2) is 8.39. The maximum Gasteiger partial charge on any atom is 0.353 e. The molecule has 0 spiro atoms. The monoisotopic (exact) mass is 402 g/mol. The van der Waals surface area contributed by atoms with Crippen LogP contribution < -0.4 is 10.8 Å². The quantitative estimate of drug-likeness (QED) is 0.508. The van der Waals surface area contributed by atoms with Crippen molar-refractivity contribution in [2.24, 2.45) is 0 Å². The molecule has 3 aromatic heterocycles. The first kappa shape index (κ1) is 19.1. The molecular weight excluding hydrogens is 384 g/mol. The molecule has 9 nitrogen and oxygen atoms in total. The summed E-state index contributed by atoms with van der Waals surface area (Å²) < 4.78 is 1.74. The Bertz CT molecular complexity index is 1210. The number of carbonyl (C=O) groups excluding carboxylic acids is 2. The van der Waals surface area contributed by atoms with Gasteiger partial charge in [-0.15, -0.1) is 0 Å². The molecule has 0 fully saturated rings. The van der Waals surface area contributed by atoms with Gasteiger partial charge in [-0.3, -0.25) is 10.3 Å². The molecule has 30 heavy (non-hydrogen) atoms. The van der Waals surface area contributed by atoms with Gasteiger partial charge in [0.2, 0.25) is 0 Å². The van der Waals surface area contributed by atoms with Crippen LogP contribution in [0.15, 0.2) is 67.1 Å². The minimum Gasteiger partial charge on any atom is -0.339 e. The van der Waals surface area contributed by atoms with Crippen molar-refractivity contribution >= 4 is 28.7 Å². The molecule has 0 aliphatic carbocycles. The highest BCUT2D eigenvalue weighted by Crippen LogP contribution is 2.20. The van der Waals surface area contributed by atoms with E-state index in [9.17, 15) is 9.59 Å². The molecule has 0 radical (unpaired) electrons. The van der Waals surface area contributed by atoms with Crippen LogP contribution >= 0.6 is 0 Å². The van der Waals surface area contributed by atoms with Gasteiger partial charge in [-0.1, -0.05) is 30.3 Å². The Hall–Kier alpha value is -4.27. The first-order valence-electron chi connectivity index (χ1n) is 9.16. The fourth-order valence-corrected chi connectivity index (χ4v) is 2.91. The van der Waals surface area contributed by atoms with Gasteiger partial charge in [0.1, 0.15) is 5.82 Å². The summed E-state index contributed by atoms with van der Waals surface area (Å²) in [5.74, 6) is -0.279. The topological polar surface area (TPSA) is 111 Å². The number of urea groups is 1. The van der Waals surface area contributed by atoms with Crippen molar-refractivity contribution in [1.82, 2.24) is 25.2 Å². The van der Waals surface area contributed by atoms with Gasteiger partial charge in [-0.2, -0.15) is 10.6 Å². The number of amides is 2. The molecule has 4 rings (SSSR count). The lowest BCUT2D eigenvalue weighted by molar-refractivity contribution is -0.147. The smallest absolute Gasteiger partial charge is 0.339 e. The lowest BCUT2D eigenvalue weighted by Crippen LogP contribution is -2.32. The molecule has 0 unspecified atom stereocenters. The molecule has 0 atom stereocenters. The van der Waals surface area contributed by atoms with E-state index in [1.54, 1.807) is 41.5 Å². The van der Waals surface area contributed by atoms with Crippen LogP contribution in [0.2, 0.25) is 0 Å². The van der Waals surface area contributed by atoms with Gasteiger partial charge in [-0.25, -0.2) is 19.3 Å². The first-order chi connectivity index (χ1) is 14.6. The summed E-state index contributed by atoms with van der Waals surface area (Å²) in [5.41, 5.74) is 5.38. The van der Waals surface area contributed by atoms with Crippen molar-refractivity contribution in [2.45, 2.75) is 13.3 Å². The molecule has 0 saturated heterocycles. The molecule has 3 heterocycles. The number of nitrogens with one attached hydrogen (secondary N) is 2. The van der Waals surface area contributed by atoms with Crippen molar-refractivity contribution < 1.29 is 14.4 Å². The number of fused-ring (bicyclic) bond motifs is 1. The molecule has 0 aliphatic heterocycles. The summed E-state index contributed by atoms with van der Waals surface area (Å²) in [6.07, 6.45) is 5.05. The number of carbonyl (C=O) groups is 2. The van der Waals surface area contributed by atoms with Crippen molar-refractivity contribution in [1.29, 1.82) is 0 Å². The van der Waals surface area contributed by atoms with Crippen LogP contribution in [0, 0.1) is 6.92 Å². The van der Waals surface area contributed by atoms with Gasteiger partial charge in [0.15, 0.2) is 0 Å². The van der Waals surface area contributed by atoms with E-state index in [4.69, 9.17) is 4.84 Å². The Balaban J connectivity index is 1.38. The minimum absolute atomic E-state index is 0.0546. The molecule has 1 aromatic carbocycles. The van der Waals surface area contributed by atoms with E-state index in [2.05, 4.69) is 25.9 Å². The maximum absolute atomic E-state index is 12.0. The van der Waals surface area contributed by atoms with E-state index < -0.39 is 12.0 Å². The summed E-state index contributed by atoms with van der Waals surface area (Å²) >= 11 is 0. The highest BCUT2D eigenvalue weighted by molar-refractivity contribution is 5.91. The zero-order valence-corrected chi connectivity index (χ0v) is 16.1. The summed E-state index contributed by atoms with van der Waals surface area (Å²) in [6.45, 7) is 1.90. The molecule has 0 saturated carbocycles. The van der Waals surface area contributed by atoms with Crippen molar-refractivity contribution in [3.63, 3.8) is 0 Å². The molecule has 2 amide bonds. The predicted octanol–water partition coefficient (Wildman–Crippen LogP) is 2.95. The van der Waals surface area contributed by atoms with Crippen LogP contribution in [-0.4, -0.2) is 31.7 Å². The Morgan fingerprint density at radius 1 is 1.07 bits per heavy atom. The first-order valence-corrected chi connectivity index (χ1v) is 9.16. The van der Waals surface area contributed by atoms with Gasteiger partial charge >= 0.3 is 12.0 Å². The molecule has 2 N–H and O–H groups in total. The van der Waals surface area contributed by atoms with Crippen LogP contribution in [0.1, 0.15) is 11.3 Å². The standard InChI is InChI=1S/C21H18N6O3/c1-14-9-17(7-8-22-14)27-18-13-23-19(11-16(18)12-24-27)25-21(29)26-30-20(28)10-15-5-3-2-4-6-15/h2-9,11-13H,10H2,1H3,(H2,23,25,26,29). The van der Waals surface area contributed by atoms with Gasteiger partial charge in [0.25, 0.3) is 0 Å². The Kier molecular flexibility index (Phi) is 5.33. The maximum atomic E-state index is 12.0. The number of anilines is 1. The average Bonchev–Trinajstić information content (AvgIpc) is 3.16. The third-order valence-electron chi connectivity index (χ3n) is 4.27. The van der Waals surface area contributed by atoms with Crippen LogP contribution in [-0.2, 0) is 16.1 Å². The van der Waals surface area contributed by atoms with Crippen LogP contribution in [0.5, 0.6) is 0 Å². The Morgan fingerprint density at radius 3 is 2.70 bits per heavy atom. The van der Waals surface area contributed by atoms with Crippen molar-refractivity contribution in [2.75, 3.05) is 5.32 Å². The summed E-state index contributed by atoms with van der Waals surface area (Å²) in [5, 5.41) is 7.69. The zero-order chi connectivity index (χ0) is 20.9. The molecule has 0 bridgehead atoms. The molecule has 9 heteroatoms. The van der Waals surface area contributed by atoms with Crippen LogP contribution in [0.3, 0.4) is 0 Å². The van der Waals surface area contributed by atoms with E-state index in [1.807, 2.05) is 37.3 Å². The average molecular weight is 402 g/mol. The molecule has 4 aromatic rings. The number of hydroxylamine groups is 1. The van der Waals surface area contributed by atoms with E-state index in [0.717, 1.165) is 27.8 Å². The van der Waals surface area contributed by atoms with Gasteiger partial charge in [0.05, 0.1) is 30.0 Å². The number of rotatable bonds is 4. The van der Waals surface area contributed by atoms with Gasteiger partial charge < -0.3 is 4.84 Å². The predicted molar refractivity (Wildman–Crippen MR) is 110 cm³/mol. The SMILES string of the molecule is Cc1cc(-n2ncc3cc(NC(=O)NOC(=O)Cc4ccccc4)ncc32)ccn1. The number of nitrogens with zero attached hydrogens (tertiary/aromatic N) is 4. The number of benzene rings is 1. The Labute approximate surface area is 171 Å². The summed E-state index contributed by atoms with van der Waals surface area (Å²) in [4.78, 5) is 37.0. The van der Waals surface area contributed by atoms with E-state index in [-0.39, 0.29) is 6.42 Å². The largest absolute Gasteiger partial charge is 0.353 e. The van der Waals surface area contributed by atoms with Gasteiger partial charge in [0, 0.05) is 17.3 Å². The third-order valence-corrected chi connectivity index (χ3v) is 4.27. The minimum atomic E-state index is -0.708. The lowest BCUT2D eigenvalue weighted by Gasteiger charge is -2.08. The Morgan fingerprint density at radius 2 is 1.90 bits per heavy atom. The number of hydrogen-bond donors (Lipinski definition) is 2. The van der Waals surface area contributed by atoms with Crippen LogP contribution in [0.4, 0.5) is 10.6 Å². The normalized spacial score (nSPS) is 10.6. The molecular formula is C21H18N6O3. The fraction of sp³-hybridized carbons (Fsp3) is 0.0952. The number of aryl methyl sites for hydroxylation is 1. The van der Waals surface area contributed by atoms with E-state index in [1.165, 1.54) is 0 Å². The molecule has 0 aliphatic rings. The number of aromatic nitrogens is 4. The lowest BCUT2D eigenvalue weighted by atomic mass is 10.2. The van der Waals surface area contributed by atoms with Crippen LogP contribution in [0.25, 0.3) is 16.6 Å². The third kappa shape index (κ3) is 4.41. The van der Waals surface area contributed by atoms with Crippen molar-refractivity contribution in [3.05, 3.63) is 78.4 Å². The fourth-order valence-electron chi connectivity index (χ4n) is 2.91. The molecule has 150 valence electrons. The highest BCUT2D eigenvalue weighted by Gasteiger charge is 2.11. The summed E-state index contributed by atoms with van der Waals surface area (Å²) in [7, 11) is 0. The van der Waals surface area contributed by atoms with E-state index in [0.29, 0.717) is 5.82 Å². The summed E-state index contributed by atoms with van der Waals surface area (Å²) in [6, 6.07) is 13.8.